The number of rotatable bonds is 3. The standard InChI is InChI=1S/C10H17NO/c1-6(11)10(12)4-7-2-8-5-9(8)3-7/h6-9H,2-5,11H2,1H3. The molecule has 0 aromatic heterocycles. The fraction of sp³-hybridized carbons (Fsp3) is 0.900. The minimum Gasteiger partial charge on any atom is -0.322 e. The first kappa shape index (κ1) is 8.24. The normalized spacial score (nSPS) is 40.7. The van der Waals surface area contributed by atoms with Gasteiger partial charge >= 0.3 is 0 Å². The van der Waals surface area contributed by atoms with Gasteiger partial charge in [-0.25, -0.2) is 0 Å². The van der Waals surface area contributed by atoms with E-state index in [1.54, 1.807) is 6.92 Å². The molecule has 2 saturated carbocycles. The molecule has 12 heavy (non-hydrogen) atoms. The smallest absolute Gasteiger partial charge is 0.149 e. The van der Waals surface area contributed by atoms with Crippen molar-refractivity contribution in [1.82, 2.24) is 0 Å². The second-order valence-electron chi connectivity index (χ2n) is 4.55. The van der Waals surface area contributed by atoms with Gasteiger partial charge in [-0.1, -0.05) is 0 Å². The second kappa shape index (κ2) is 2.84. The molecule has 2 nitrogen and oxygen atoms in total. The van der Waals surface area contributed by atoms with Gasteiger partial charge in [0.1, 0.15) is 5.78 Å². The first-order chi connectivity index (χ1) is 5.66. The average molecular weight is 167 g/mol. The third kappa shape index (κ3) is 1.53. The SMILES string of the molecule is CC(N)C(=O)CC1CC2CC2C1. The molecule has 0 heterocycles. The molecular weight excluding hydrogens is 150 g/mol. The molecule has 2 aliphatic rings. The van der Waals surface area contributed by atoms with Crippen molar-refractivity contribution in [2.45, 2.75) is 38.6 Å². The van der Waals surface area contributed by atoms with Gasteiger partial charge in [-0.05, 0) is 43.9 Å². The van der Waals surface area contributed by atoms with Crippen LogP contribution in [0.5, 0.6) is 0 Å². The van der Waals surface area contributed by atoms with Crippen molar-refractivity contribution in [1.29, 1.82) is 0 Å². The molecule has 2 rings (SSSR count). The Hall–Kier alpha value is -0.370. The van der Waals surface area contributed by atoms with Gasteiger partial charge < -0.3 is 5.73 Å². The number of ketones is 1. The van der Waals surface area contributed by atoms with Crippen molar-refractivity contribution in [3.63, 3.8) is 0 Å². The highest BCUT2D eigenvalue weighted by Crippen LogP contribution is 2.55. The fourth-order valence-electron chi connectivity index (χ4n) is 2.48. The Morgan fingerprint density at radius 1 is 1.42 bits per heavy atom. The third-order valence-electron chi connectivity index (χ3n) is 3.34. The van der Waals surface area contributed by atoms with Gasteiger partial charge in [0.15, 0.2) is 0 Å². The summed E-state index contributed by atoms with van der Waals surface area (Å²) >= 11 is 0. The molecule has 68 valence electrons. The summed E-state index contributed by atoms with van der Waals surface area (Å²) in [5, 5.41) is 0. The quantitative estimate of drug-likeness (QED) is 0.689. The van der Waals surface area contributed by atoms with Crippen molar-refractivity contribution in [3.05, 3.63) is 0 Å². The van der Waals surface area contributed by atoms with Gasteiger partial charge in [0.25, 0.3) is 0 Å². The summed E-state index contributed by atoms with van der Waals surface area (Å²) < 4.78 is 0. The molecule has 3 atom stereocenters. The topological polar surface area (TPSA) is 43.1 Å². The monoisotopic (exact) mass is 167 g/mol. The number of hydrogen-bond acceptors (Lipinski definition) is 2. The fourth-order valence-corrected chi connectivity index (χ4v) is 2.48. The molecule has 0 bridgehead atoms. The van der Waals surface area contributed by atoms with Crippen molar-refractivity contribution in [2.75, 3.05) is 0 Å². The van der Waals surface area contributed by atoms with Crippen molar-refractivity contribution >= 4 is 5.78 Å². The first-order valence-corrected chi connectivity index (χ1v) is 4.95. The minimum atomic E-state index is -0.248. The molecule has 0 spiro atoms. The zero-order chi connectivity index (χ0) is 8.72. The van der Waals surface area contributed by atoms with E-state index >= 15 is 0 Å². The van der Waals surface area contributed by atoms with E-state index in [-0.39, 0.29) is 11.8 Å². The summed E-state index contributed by atoms with van der Waals surface area (Å²) in [4.78, 5) is 11.3. The maximum Gasteiger partial charge on any atom is 0.149 e. The zero-order valence-corrected chi connectivity index (χ0v) is 7.62. The van der Waals surface area contributed by atoms with Gasteiger partial charge in [0.2, 0.25) is 0 Å². The molecule has 0 radical (unpaired) electrons. The maximum absolute atomic E-state index is 11.3. The lowest BCUT2D eigenvalue weighted by molar-refractivity contribution is -0.120. The Morgan fingerprint density at radius 3 is 2.50 bits per heavy atom. The van der Waals surface area contributed by atoms with Crippen LogP contribution in [0.2, 0.25) is 0 Å². The van der Waals surface area contributed by atoms with Crippen LogP contribution in [0.4, 0.5) is 0 Å². The van der Waals surface area contributed by atoms with E-state index in [1.807, 2.05) is 0 Å². The molecule has 2 fully saturated rings. The van der Waals surface area contributed by atoms with Crippen molar-refractivity contribution in [3.8, 4) is 0 Å². The lowest BCUT2D eigenvalue weighted by Gasteiger charge is -2.11. The summed E-state index contributed by atoms with van der Waals surface area (Å²) in [7, 11) is 0. The van der Waals surface area contributed by atoms with Crippen molar-refractivity contribution in [2.24, 2.45) is 23.5 Å². The van der Waals surface area contributed by atoms with Gasteiger partial charge in [-0.15, -0.1) is 0 Å². The zero-order valence-electron chi connectivity index (χ0n) is 7.62. The summed E-state index contributed by atoms with van der Waals surface area (Å²) in [5.41, 5.74) is 5.51. The lowest BCUT2D eigenvalue weighted by Crippen LogP contribution is -2.28. The molecule has 0 saturated heterocycles. The molecule has 0 amide bonds. The van der Waals surface area contributed by atoms with Crippen molar-refractivity contribution < 1.29 is 4.79 Å². The summed E-state index contributed by atoms with van der Waals surface area (Å²) in [6.45, 7) is 1.79. The molecule has 0 aromatic carbocycles. The van der Waals surface area contributed by atoms with E-state index in [9.17, 15) is 4.79 Å². The largest absolute Gasteiger partial charge is 0.322 e. The highest BCUT2D eigenvalue weighted by Gasteiger charge is 2.45. The third-order valence-corrected chi connectivity index (χ3v) is 3.34. The summed E-state index contributed by atoms with van der Waals surface area (Å²) in [5.74, 6) is 2.89. The van der Waals surface area contributed by atoms with E-state index in [1.165, 1.54) is 19.3 Å². The molecule has 0 aromatic rings. The van der Waals surface area contributed by atoms with Crippen LogP contribution in [-0.4, -0.2) is 11.8 Å². The summed E-state index contributed by atoms with van der Waals surface area (Å²) in [6, 6.07) is -0.248. The van der Waals surface area contributed by atoms with Crippen LogP contribution in [0.25, 0.3) is 0 Å². The highest BCUT2D eigenvalue weighted by atomic mass is 16.1. The number of Topliss-reactive ketones (excluding diaryl/α,β-unsaturated/α-hetero) is 1. The Bertz CT molecular complexity index is 190. The first-order valence-electron chi connectivity index (χ1n) is 4.95. The van der Waals surface area contributed by atoms with E-state index in [2.05, 4.69) is 0 Å². The molecule has 3 unspecified atom stereocenters. The number of nitrogens with two attached hydrogens (primary N) is 1. The lowest BCUT2D eigenvalue weighted by atomic mass is 9.95. The Labute approximate surface area is 73.5 Å². The number of carbonyl (C=O) groups excluding carboxylic acids is 1. The maximum atomic E-state index is 11.3. The molecule has 2 N–H and O–H groups in total. The molecular formula is C10H17NO. The van der Waals surface area contributed by atoms with Crippen LogP contribution in [0.1, 0.15) is 32.6 Å². The average Bonchev–Trinajstić information content (AvgIpc) is 2.59. The molecule has 2 aliphatic carbocycles. The molecule has 0 aliphatic heterocycles. The summed E-state index contributed by atoms with van der Waals surface area (Å²) in [6.07, 6.45) is 4.76. The molecule has 2 heteroatoms. The van der Waals surface area contributed by atoms with Crippen LogP contribution in [-0.2, 0) is 4.79 Å². The minimum absolute atomic E-state index is 0.248. The van der Waals surface area contributed by atoms with Crippen LogP contribution < -0.4 is 5.73 Å². The number of carbonyl (C=O) groups is 1. The predicted molar refractivity (Wildman–Crippen MR) is 47.6 cm³/mol. The van der Waals surface area contributed by atoms with E-state index in [0.717, 1.165) is 18.3 Å². The van der Waals surface area contributed by atoms with Crippen LogP contribution in [0.15, 0.2) is 0 Å². The van der Waals surface area contributed by atoms with Gasteiger partial charge in [0, 0.05) is 6.42 Å². The van der Waals surface area contributed by atoms with E-state index in [0.29, 0.717) is 5.92 Å². The highest BCUT2D eigenvalue weighted by molar-refractivity contribution is 5.83. The Kier molecular flexibility index (Phi) is 1.95. The Morgan fingerprint density at radius 2 is 2.00 bits per heavy atom. The van der Waals surface area contributed by atoms with Crippen LogP contribution >= 0.6 is 0 Å². The predicted octanol–water partition coefficient (Wildman–Crippen LogP) is 1.34. The van der Waals surface area contributed by atoms with Gasteiger partial charge in [-0.2, -0.15) is 0 Å². The van der Waals surface area contributed by atoms with Crippen LogP contribution in [0, 0.1) is 17.8 Å². The second-order valence-corrected chi connectivity index (χ2v) is 4.55. The van der Waals surface area contributed by atoms with Crippen LogP contribution in [0.3, 0.4) is 0 Å². The number of hydrogen-bond donors (Lipinski definition) is 1. The van der Waals surface area contributed by atoms with Gasteiger partial charge in [-0.3, -0.25) is 4.79 Å². The van der Waals surface area contributed by atoms with E-state index in [4.69, 9.17) is 5.73 Å². The van der Waals surface area contributed by atoms with E-state index < -0.39 is 0 Å². The number of fused-ring (bicyclic) bond motifs is 1. The van der Waals surface area contributed by atoms with Gasteiger partial charge in [0.05, 0.1) is 6.04 Å². The Balaban J connectivity index is 1.77.